The molecule has 0 radical (unpaired) electrons. The van der Waals surface area contributed by atoms with Gasteiger partial charge in [-0.1, -0.05) is 30.9 Å². The number of ether oxygens (including phenoxy) is 1. The molecular formula is C13H20ClNOS. The minimum Gasteiger partial charge on any atom is -0.377 e. The van der Waals surface area contributed by atoms with Gasteiger partial charge in [0.25, 0.3) is 0 Å². The van der Waals surface area contributed by atoms with Gasteiger partial charge in [0, 0.05) is 18.0 Å². The lowest BCUT2D eigenvalue weighted by molar-refractivity contribution is 0.0302. The normalized spacial score (nSPS) is 17.5. The Kier molecular flexibility index (Phi) is 5.78. The highest BCUT2D eigenvalue weighted by Gasteiger charge is 2.12. The summed E-state index contributed by atoms with van der Waals surface area (Å²) in [6.45, 7) is 2.64. The fourth-order valence-electron chi connectivity index (χ4n) is 2.19. The molecule has 1 heterocycles. The summed E-state index contributed by atoms with van der Waals surface area (Å²) in [7, 11) is 0. The van der Waals surface area contributed by atoms with E-state index in [0.717, 1.165) is 24.0 Å². The van der Waals surface area contributed by atoms with E-state index in [1.165, 1.54) is 37.0 Å². The van der Waals surface area contributed by atoms with E-state index < -0.39 is 0 Å². The Morgan fingerprint density at radius 1 is 1.29 bits per heavy atom. The van der Waals surface area contributed by atoms with Gasteiger partial charge in [0.1, 0.15) is 0 Å². The number of nitrogens with one attached hydrogen (secondary N) is 1. The zero-order valence-electron chi connectivity index (χ0n) is 10.1. The summed E-state index contributed by atoms with van der Waals surface area (Å²) in [5, 5.41) is 3.38. The molecule has 1 saturated carbocycles. The second-order valence-corrected chi connectivity index (χ2v) is 6.31. The van der Waals surface area contributed by atoms with Gasteiger partial charge < -0.3 is 10.1 Å². The molecule has 0 aromatic carbocycles. The molecule has 1 aromatic rings. The molecule has 1 fully saturated rings. The fourth-order valence-corrected chi connectivity index (χ4v) is 3.25. The van der Waals surface area contributed by atoms with E-state index in [0.29, 0.717) is 6.10 Å². The highest BCUT2D eigenvalue weighted by atomic mass is 35.5. The average molecular weight is 274 g/mol. The van der Waals surface area contributed by atoms with Crippen molar-refractivity contribution in [1.29, 1.82) is 0 Å². The second-order valence-electron chi connectivity index (χ2n) is 4.51. The molecule has 2 nitrogen and oxygen atoms in total. The van der Waals surface area contributed by atoms with Crippen molar-refractivity contribution in [2.45, 2.75) is 44.8 Å². The van der Waals surface area contributed by atoms with Crippen molar-refractivity contribution in [3.63, 3.8) is 0 Å². The van der Waals surface area contributed by atoms with Crippen molar-refractivity contribution in [3.8, 4) is 0 Å². The van der Waals surface area contributed by atoms with Crippen LogP contribution in [0.2, 0.25) is 4.34 Å². The Morgan fingerprint density at radius 3 is 2.82 bits per heavy atom. The fraction of sp³-hybridized carbons (Fsp3) is 0.692. The summed E-state index contributed by atoms with van der Waals surface area (Å²) < 4.78 is 6.70. The monoisotopic (exact) mass is 273 g/mol. The van der Waals surface area contributed by atoms with E-state index >= 15 is 0 Å². The smallest absolute Gasteiger partial charge is 0.0931 e. The molecule has 0 atom stereocenters. The van der Waals surface area contributed by atoms with Crippen LogP contribution in [-0.4, -0.2) is 19.3 Å². The van der Waals surface area contributed by atoms with Gasteiger partial charge in [-0.3, -0.25) is 0 Å². The van der Waals surface area contributed by atoms with Crippen LogP contribution in [0.3, 0.4) is 0 Å². The highest BCUT2D eigenvalue weighted by molar-refractivity contribution is 7.16. The lowest BCUT2D eigenvalue weighted by Gasteiger charge is -2.21. The maximum absolute atomic E-state index is 5.87. The molecule has 4 heteroatoms. The first-order chi connectivity index (χ1) is 8.34. The van der Waals surface area contributed by atoms with Crippen LogP contribution < -0.4 is 5.32 Å². The first kappa shape index (κ1) is 13.3. The Balaban J connectivity index is 1.51. The lowest BCUT2D eigenvalue weighted by atomic mass is 9.98. The molecule has 1 aliphatic rings. The first-order valence-corrected chi connectivity index (χ1v) is 7.60. The average Bonchev–Trinajstić information content (AvgIpc) is 2.76. The van der Waals surface area contributed by atoms with Crippen LogP contribution in [0.25, 0.3) is 0 Å². The van der Waals surface area contributed by atoms with E-state index in [4.69, 9.17) is 16.3 Å². The number of halogens is 1. The molecule has 0 amide bonds. The van der Waals surface area contributed by atoms with Crippen molar-refractivity contribution in [3.05, 3.63) is 21.3 Å². The van der Waals surface area contributed by atoms with Crippen LogP contribution in [0.1, 0.15) is 37.0 Å². The molecule has 17 heavy (non-hydrogen) atoms. The predicted molar refractivity (Wildman–Crippen MR) is 73.9 cm³/mol. The highest BCUT2D eigenvalue weighted by Crippen LogP contribution is 2.21. The largest absolute Gasteiger partial charge is 0.377 e. The Labute approximate surface area is 112 Å². The number of hydrogen-bond acceptors (Lipinski definition) is 3. The third-order valence-corrected chi connectivity index (χ3v) is 4.34. The van der Waals surface area contributed by atoms with Crippen LogP contribution >= 0.6 is 22.9 Å². The predicted octanol–water partition coefficient (Wildman–Crippen LogP) is 3.84. The molecule has 0 unspecified atom stereocenters. The van der Waals surface area contributed by atoms with Crippen LogP contribution in [0.15, 0.2) is 12.1 Å². The van der Waals surface area contributed by atoms with Crippen molar-refractivity contribution < 1.29 is 4.74 Å². The quantitative estimate of drug-likeness (QED) is 0.795. The van der Waals surface area contributed by atoms with E-state index in [1.54, 1.807) is 11.3 Å². The van der Waals surface area contributed by atoms with Gasteiger partial charge in [-0.15, -0.1) is 11.3 Å². The third kappa shape index (κ3) is 4.96. The second kappa shape index (κ2) is 7.37. The van der Waals surface area contributed by atoms with Crippen LogP contribution in [0.5, 0.6) is 0 Å². The molecule has 1 N–H and O–H groups in total. The maximum atomic E-state index is 5.87. The van der Waals surface area contributed by atoms with Gasteiger partial charge in [-0.25, -0.2) is 0 Å². The van der Waals surface area contributed by atoms with Crippen LogP contribution in [0.4, 0.5) is 0 Å². The zero-order chi connectivity index (χ0) is 11.9. The number of thiophene rings is 1. The molecule has 1 aliphatic carbocycles. The minimum atomic E-state index is 0.515. The van der Waals surface area contributed by atoms with Crippen LogP contribution in [-0.2, 0) is 11.3 Å². The van der Waals surface area contributed by atoms with E-state index in [9.17, 15) is 0 Å². The molecular weight excluding hydrogens is 254 g/mol. The van der Waals surface area contributed by atoms with Gasteiger partial charge in [0.2, 0.25) is 0 Å². The maximum Gasteiger partial charge on any atom is 0.0931 e. The first-order valence-electron chi connectivity index (χ1n) is 6.41. The van der Waals surface area contributed by atoms with Gasteiger partial charge in [0.05, 0.1) is 17.0 Å². The topological polar surface area (TPSA) is 21.3 Å². The van der Waals surface area contributed by atoms with E-state index in [2.05, 4.69) is 11.4 Å². The van der Waals surface area contributed by atoms with Crippen molar-refractivity contribution >= 4 is 22.9 Å². The molecule has 2 rings (SSSR count). The van der Waals surface area contributed by atoms with Gasteiger partial charge in [-0.05, 0) is 25.0 Å². The van der Waals surface area contributed by atoms with Crippen molar-refractivity contribution in [1.82, 2.24) is 5.32 Å². The summed E-state index contributed by atoms with van der Waals surface area (Å²) in [6.07, 6.45) is 7.08. The molecule has 1 aromatic heterocycles. The lowest BCUT2D eigenvalue weighted by Crippen LogP contribution is -2.24. The minimum absolute atomic E-state index is 0.515. The van der Waals surface area contributed by atoms with E-state index in [1.807, 2.05) is 6.07 Å². The Hall–Kier alpha value is -0.0900. The molecule has 0 spiro atoms. The van der Waals surface area contributed by atoms with Gasteiger partial charge in [0.15, 0.2) is 0 Å². The van der Waals surface area contributed by atoms with Crippen molar-refractivity contribution in [2.24, 2.45) is 0 Å². The Bertz CT molecular complexity index is 323. The van der Waals surface area contributed by atoms with Gasteiger partial charge >= 0.3 is 0 Å². The number of rotatable bonds is 6. The summed E-state index contributed by atoms with van der Waals surface area (Å²) >= 11 is 7.50. The van der Waals surface area contributed by atoms with Crippen molar-refractivity contribution in [2.75, 3.05) is 13.2 Å². The summed E-state index contributed by atoms with van der Waals surface area (Å²) in [6, 6.07) is 4.02. The summed E-state index contributed by atoms with van der Waals surface area (Å²) in [4.78, 5) is 1.28. The summed E-state index contributed by atoms with van der Waals surface area (Å²) in [5.74, 6) is 0. The molecule has 0 saturated heterocycles. The molecule has 0 aliphatic heterocycles. The SMILES string of the molecule is Clc1ccc(CNCCOC2CCCCC2)s1. The third-order valence-electron chi connectivity index (χ3n) is 3.11. The standard InChI is InChI=1S/C13H20ClNOS/c14-13-7-6-12(17-13)10-15-8-9-16-11-4-2-1-3-5-11/h6-7,11,15H,1-5,8-10H2. The molecule has 0 bridgehead atoms. The van der Waals surface area contributed by atoms with Gasteiger partial charge in [-0.2, -0.15) is 0 Å². The van der Waals surface area contributed by atoms with E-state index in [-0.39, 0.29) is 0 Å². The number of hydrogen-bond donors (Lipinski definition) is 1. The Morgan fingerprint density at radius 2 is 2.12 bits per heavy atom. The molecule has 96 valence electrons. The zero-order valence-corrected chi connectivity index (χ0v) is 11.7. The summed E-state index contributed by atoms with van der Waals surface area (Å²) in [5.41, 5.74) is 0. The van der Waals surface area contributed by atoms with Crippen LogP contribution in [0, 0.1) is 0 Å².